The van der Waals surface area contributed by atoms with Crippen LogP contribution in [0, 0.1) is 6.92 Å². The number of nitrogens with one attached hydrogen (secondary N) is 1. The number of aryl methyl sites for hydroxylation is 1. The van der Waals surface area contributed by atoms with Crippen LogP contribution in [0.3, 0.4) is 0 Å². The zero-order valence-corrected chi connectivity index (χ0v) is 10.2. The Bertz CT molecular complexity index is 610. The molecule has 0 amide bonds. The fraction of sp³-hybridized carbons (Fsp3) is 0.100. The lowest BCUT2D eigenvalue weighted by Gasteiger charge is -1.97. The normalized spacial score (nSPS) is 11.2. The number of halogens is 2. The lowest BCUT2D eigenvalue weighted by atomic mass is 10.3. The highest BCUT2D eigenvalue weighted by molar-refractivity contribution is 6.38. The second-order valence-electron chi connectivity index (χ2n) is 3.24. The van der Waals surface area contributed by atoms with Crippen molar-refractivity contribution in [3.8, 4) is 0 Å². The van der Waals surface area contributed by atoms with Gasteiger partial charge in [-0.1, -0.05) is 29.3 Å². The predicted octanol–water partition coefficient (Wildman–Crippen LogP) is 4.00. The van der Waals surface area contributed by atoms with Crippen LogP contribution in [0.1, 0.15) is 5.69 Å². The second kappa shape index (κ2) is 4.73. The molecule has 88 valence electrons. The molecule has 0 saturated heterocycles. The molecule has 2 rings (SSSR count). The van der Waals surface area contributed by atoms with Crippen LogP contribution in [0.5, 0.6) is 0 Å². The van der Waals surface area contributed by atoms with E-state index in [-0.39, 0.29) is 5.69 Å². The van der Waals surface area contributed by atoms with Gasteiger partial charge in [-0.2, -0.15) is 0 Å². The fourth-order valence-electron chi connectivity index (χ4n) is 1.17. The van der Waals surface area contributed by atoms with Crippen molar-refractivity contribution in [3.05, 3.63) is 44.4 Å². The zero-order valence-electron chi connectivity index (χ0n) is 8.70. The molecule has 0 unspecified atom stereocenters. The second-order valence-corrected chi connectivity index (χ2v) is 4.05. The fourth-order valence-corrected chi connectivity index (χ4v) is 1.65. The number of H-pyrrole nitrogens is 1. The average molecular weight is 272 g/mol. The molecule has 1 aromatic heterocycles. The van der Waals surface area contributed by atoms with Crippen LogP contribution in [0.2, 0.25) is 10.0 Å². The van der Waals surface area contributed by atoms with Crippen molar-refractivity contribution in [3.63, 3.8) is 0 Å². The van der Waals surface area contributed by atoms with E-state index in [1.165, 1.54) is 0 Å². The van der Waals surface area contributed by atoms with Crippen molar-refractivity contribution in [2.45, 2.75) is 6.92 Å². The summed E-state index contributed by atoms with van der Waals surface area (Å²) in [6.07, 6.45) is 0. The summed E-state index contributed by atoms with van der Waals surface area (Å²) in [6, 6.07) is 4.96. The third kappa shape index (κ3) is 2.40. The summed E-state index contributed by atoms with van der Waals surface area (Å²) >= 11 is 11.8. The summed E-state index contributed by atoms with van der Waals surface area (Å²) in [5, 5.41) is 10.7. The first-order chi connectivity index (χ1) is 8.09. The highest BCUT2D eigenvalue weighted by Crippen LogP contribution is 2.33. The third-order valence-electron chi connectivity index (χ3n) is 2.03. The molecule has 0 radical (unpaired) electrons. The summed E-state index contributed by atoms with van der Waals surface area (Å²) in [4.78, 5) is 11.2. The van der Waals surface area contributed by atoms with Gasteiger partial charge in [0.1, 0.15) is 5.69 Å². The Hall–Kier alpha value is -1.59. The summed E-state index contributed by atoms with van der Waals surface area (Å²) in [6.45, 7) is 1.65. The van der Waals surface area contributed by atoms with Gasteiger partial charge in [-0.05, 0) is 19.1 Å². The molecular formula is C10H7Cl2N3O2. The maximum absolute atomic E-state index is 11.2. The first kappa shape index (κ1) is 11.9. The van der Waals surface area contributed by atoms with Gasteiger partial charge >= 0.3 is 5.63 Å². The van der Waals surface area contributed by atoms with Crippen LogP contribution in [0.4, 0.5) is 11.4 Å². The van der Waals surface area contributed by atoms with E-state index in [1.54, 1.807) is 25.1 Å². The van der Waals surface area contributed by atoms with E-state index in [0.29, 0.717) is 21.4 Å². The van der Waals surface area contributed by atoms with Gasteiger partial charge in [-0.15, -0.1) is 10.2 Å². The highest BCUT2D eigenvalue weighted by atomic mass is 35.5. The molecule has 2 aromatic rings. The van der Waals surface area contributed by atoms with Gasteiger partial charge in [-0.3, -0.25) is 0 Å². The Morgan fingerprint density at radius 2 is 1.76 bits per heavy atom. The molecule has 0 saturated carbocycles. The maximum Gasteiger partial charge on any atom is 0.384 e. The van der Waals surface area contributed by atoms with Gasteiger partial charge in [0.15, 0.2) is 5.69 Å². The number of rotatable bonds is 2. The van der Waals surface area contributed by atoms with Crippen LogP contribution >= 0.6 is 23.2 Å². The molecule has 0 atom stereocenters. The van der Waals surface area contributed by atoms with Crippen LogP contribution in [0.25, 0.3) is 0 Å². The average Bonchev–Trinajstić information content (AvgIpc) is 2.59. The minimum absolute atomic E-state index is 0.0981. The first-order valence-electron chi connectivity index (χ1n) is 4.63. The molecule has 1 N–H and O–H groups in total. The maximum atomic E-state index is 11.2. The Balaban J connectivity index is 2.43. The molecule has 17 heavy (non-hydrogen) atoms. The van der Waals surface area contributed by atoms with Crippen molar-refractivity contribution in [1.29, 1.82) is 0 Å². The van der Waals surface area contributed by atoms with Crippen LogP contribution in [-0.2, 0) is 0 Å². The number of nitrogens with zero attached hydrogens (tertiary/aromatic N) is 2. The molecule has 7 heteroatoms. The SMILES string of the molecule is Cc1[nH]oc(=O)c1N=Nc1c(Cl)cccc1Cl. The smallest absolute Gasteiger partial charge is 0.336 e. The van der Waals surface area contributed by atoms with Crippen molar-refractivity contribution < 1.29 is 4.52 Å². The van der Waals surface area contributed by atoms with Gasteiger partial charge in [-0.25, -0.2) is 9.95 Å². The van der Waals surface area contributed by atoms with Crippen molar-refractivity contribution >= 4 is 34.6 Å². The number of aromatic nitrogens is 1. The number of hydrogen-bond acceptors (Lipinski definition) is 4. The first-order valence-corrected chi connectivity index (χ1v) is 5.39. The summed E-state index contributed by atoms with van der Waals surface area (Å²) in [5.74, 6) is 0. The molecule has 5 nitrogen and oxygen atoms in total. The monoisotopic (exact) mass is 271 g/mol. The molecule has 0 fully saturated rings. The zero-order chi connectivity index (χ0) is 12.4. The Morgan fingerprint density at radius 1 is 1.18 bits per heavy atom. The van der Waals surface area contributed by atoms with Gasteiger partial charge in [0.05, 0.1) is 15.7 Å². The third-order valence-corrected chi connectivity index (χ3v) is 2.64. The number of azo groups is 1. The van der Waals surface area contributed by atoms with E-state index in [2.05, 4.69) is 19.9 Å². The summed E-state index contributed by atoms with van der Waals surface area (Å²) in [7, 11) is 0. The van der Waals surface area contributed by atoms with Crippen LogP contribution < -0.4 is 5.63 Å². The number of benzene rings is 1. The predicted molar refractivity (Wildman–Crippen MR) is 64.7 cm³/mol. The van der Waals surface area contributed by atoms with Gasteiger partial charge < -0.3 is 4.52 Å². The van der Waals surface area contributed by atoms with Crippen molar-refractivity contribution in [2.24, 2.45) is 10.2 Å². The highest BCUT2D eigenvalue weighted by Gasteiger charge is 2.08. The van der Waals surface area contributed by atoms with Crippen LogP contribution in [-0.4, -0.2) is 5.16 Å². The summed E-state index contributed by atoms with van der Waals surface area (Å²) < 4.78 is 4.54. The standard InChI is InChI=1S/C10H7Cl2N3O2/c1-5-8(10(16)17-15-5)13-14-9-6(11)3-2-4-7(9)12/h2-4,15H,1H3. The quantitative estimate of drug-likeness (QED) is 0.839. The van der Waals surface area contributed by atoms with Crippen molar-refractivity contribution in [2.75, 3.05) is 0 Å². The molecule has 0 aliphatic rings. The minimum Gasteiger partial charge on any atom is -0.336 e. The Labute approximate surface area is 106 Å². The topological polar surface area (TPSA) is 70.7 Å². The molecular weight excluding hydrogens is 265 g/mol. The Kier molecular flexibility index (Phi) is 3.31. The van der Waals surface area contributed by atoms with Gasteiger partial charge in [0.25, 0.3) is 0 Å². The Morgan fingerprint density at radius 3 is 2.29 bits per heavy atom. The van der Waals surface area contributed by atoms with E-state index in [4.69, 9.17) is 23.2 Å². The van der Waals surface area contributed by atoms with E-state index in [0.717, 1.165) is 0 Å². The molecule has 0 aliphatic heterocycles. The summed E-state index contributed by atoms with van der Waals surface area (Å²) in [5.41, 5.74) is 0.313. The lowest BCUT2D eigenvalue weighted by Crippen LogP contribution is -1.89. The van der Waals surface area contributed by atoms with Crippen LogP contribution in [0.15, 0.2) is 37.7 Å². The van der Waals surface area contributed by atoms with E-state index >= 15 is 0 Å². The number of aromatic amines is 1. The van der Waals surface area contributed by atoms with E-state index in [1.807, 2.05) is 0 Å². The number of hydrogen-bond donors (Lipinski definition) is 1. The molecule has 1 aromatic carbocycles. The molecule has 0 aliphatic carbocycles. The molecule has 0 bridgehead atoms. The largest absolute Gasteiger partial charge is 0.384 e. The molecule has 1 heterocycles. The van der Waals surface area contributed by atoms with E-state index in [9.17, 15) is 4.79 Å². The lowest BCUT2D eigenvalue weighted by molar-refractivity contribution is 0.388. The molecule has 0 spiro atoms. The van der Waals surface area contributed by atoms with E-state index < -0.39 is 5.63 Å². The minimum atomic E-state index is -0.588. The van der Waals surface area contributed by atoms with Gasteiger partial charge in [0, 0.05) is 0 Å². The van der Waals surface area contributed by atoms with Crippen molar-refractivity contribution in [1.82, 2.24) is 5.16 Å². The van der Waals surface area contributed by atoms with Gasteiger partial charge in [0.2, 0.25) is 0 Å².